The molecule has 1 aromatic carbocycles. The van der Waals surface area contributed by atoms with Gasteiger partial charge in [-0.1, -0.05) is 12.1 Å². The van der Waals surface area contributed by atoms with Crippen LogP contribution in [0.4, 0.5) is 10.8 Å². The number of thiazole rings is 1. The lowest BCUT2D eigenvalue weighted by atomic mass is 10.2. The highest BCUT2D eigenvalue weighted by Crippen LogP contribution is 2.19. The maximum Gasteiger partial charge on any atom is 0.185 e. The average molecular weight is 233 g/mol. The lowest BCUT2D eigenvalue weighted by Gasteiger charge is -2.19. The van der Waals surface area contributed by atoms with Gasteiger partial charge in [0.15, 0.2) is 5.13 Å². The number of anilines is 2. The average Bonchev–Trinajstić information content (AvgIpc) is 2.82. The zero-order chi connectivity index (χ0) is 11.4. The van der Waals surface area contributed by atoms with Crippen molar-refractivity contribution in [1.82, 2.24) is 4.98 Å². The summed E-state index contributed by atoms with van der Waals surface area (Å²) in [6.45, 7) is 3.97. The van der Waals surface area contributed by atoms with Gasteiger partial charge in [0, 0.05) is 30.4 Å². The summed E-state index contributed by atoms with van der Waals surface area (Å²) in [5, 5.41) is 3.07. The highest BCUT2D eigenvalue weighted by Gasteiger charge is 2.06. The summed E-state index contributed by atoms with van der Waals surface area (Å²) in [5.74, 6) is 0. The number of rotatable bonds is 4. The van der Waals surface area contributed by atoms with Crippen LogP contribution >= 0.6 is 11.3 Å². The molecule has 84 valence electrons. The van der Waals surface area contributed by atoms with Crippen molar-refractivity contribution in [3.05, 3.63) is 41.4 Å². The molecule has 1 heterocycles. The quantitative estimate of drug-likeness (QED) is 0.826. The molecule has 0 saturated carbocycles. The summed E-state index contributed by atoms with van der Waals surface area (Å²) >= 11 is 1.67. The second-order valence-corrected chi connectivity index (χ2v) is 4.44. The zero-order valence-corrected chi connectivity index (χ0v) is 10.1. The maximum atomic E-state index is 5.66. The van der Waals surface area contributed by atoms with Crippen molar-refractivity contribution in [3.63, 3.8) is 0 Å². The van der Waals surface area contributed by atoms with E-state index in [9.17, 15) is 0 Å². The molecule has 16 heavy (non-hydrogen) atoms. The van der Waals surface area contributed by atoms with E-state index < -0.39 is 0 Å². The van der Waals surface area contributed by atoms with Crippen molar-refractivity contribution in [2.45, 2.75) is 13.5 Å². The minimum Gasteiger partial charge on any atom is -0.399 e. The summed E-state index contributed by atoms with van der Waals surface area (Å²) in [5.41, 5.74) is 7.72. The van der Waals surface area contributed by atoms with Crippen molar-refractivity contribution in [3.8, 4) is 0 Å². The Balaban J connectivity index is 2.10. The second-order valence-electron chi connectivity index (χ2n) is 3.57. The number of nitrogens with two attached hydrogens (primary N) is 1. The summed E-state index contributed by atoms with van der Waals surface area (Å²) in [4.78, 5) is 6.57. The van der Waals surface area contributed by atoms with Crippen molar-refractivity contribution in [2.75, 3.05) is 17.2 Å². The van der Waals surface area contributed by atoms with E-state index in [1.807, 2.05) is 23.7 Å². The molecule has 0 radical (unpaired) electrons. The molecular weight excluding hydrogens is 218 g/mol. The van der Waals surface area contributed by atoms with Gasteiger partial charge in [0.1, 0.15) is 0 Å². The topological polar surface area (TPSA) is 42.1 Å². The Morgan fingerprint density at radius 1 is 1.31 bits per heavy atom. The predicted molar refractivity (Wildman–Crippen MR) is 69.7 cm³/mol. The highest BCUT2D eigenvalue weighted by atomic mass is 32.1. The van der Waals surface area contributed by atoms with Crippen LogP contribution in [0.5, 0.6) is 0 Å². The van der Waals surface area contributed by atoms with Crippen LogP contribution in [0.25, 0.3) is 0 Å². The number of aromatic nitrogens is 1. The molecule has 3 nitrogen and oxygen atoms in total. The van der Waals surface area contributed by atoms with Crippen LogP contribution in [-0.4, -0.2) is 11.5 Å². The lowest BCUT2D eigenvalue weighted by molar-refractivity contribution is 0.826. The molecule has 0 amide bonds. The molecule has 0 aliphatic rings. The number of hydrogen-bond acceptors (Lipinski definition) is 4. The first kappa shape index (κ1) is 11.0. The first-order valence-corrected chi connectivity index (χ1v) is 6.16. The summed E-state index contributed by atoms with van der Waals surface area (Å²) < 4.78 is 0. The van der Waals surface area contributed by atoms with E-state index >= 15 is 0 Å². The summed E-state index contributed by atoms with van der Waals surface area (Å²) in [6.07, 6.45) is 1.84. The van der Waals surface area contributed by atoms with Crippen LogP contribution in [0.2, 0.25) is 0 Å². The SMILES string of the molecule is CCN(Cc1ccc(N)cc1)c1nccs1. The van der Waals surface area contributed by atoms with Gasteiger partial charge in [0.25, 0.3) is 0 Å². The highest BCUT2D eigenvalue weighted by molar-refractivity contribution is 7.13. The molecule has 0 aliphatic carbocycles. The van der Waals surface area contributed by atoms with E-state index in [1.165, 1.54) is 5.56 Å². The first-order valence-electron chi connectivity index (χ1n) is 5.28. The molecule has 0 aliphatic heterocycles. The largest absolute Gasteiger partial charge is 0.399 e. The third kappa shape index (κ3) is 2.52. The van der Waals surface area contributed by atoms with Crippen molar-refractivity contribution >= 4 is 22.2 Å². The van der Waals surface area contributed by atoms with Gasteiger partial charge in [-0.2, -0.15) is 0 Å². The molecule has 4 heteroatoms. The molecule has 0 atom stereocenters. The Hall–Kier alpha value is -1.55. The maximum absolute atomic E-state index is 5.66. The van der Waals surface area contributed by atoms with Crippen LogP contribution in [0.1, 0.15) is 12.5 Å². The van der Waals surface area contributed by atoms with Gasteiger partial charge in [-0.25, -0.2) is 4.98 Å². The number of nitrogens with zero attached hydrogens (tertiary/aromatic N) is 2. The van der Waals surface area contributed by atoms with Gasteiger partial charge in [-0.05, 0) is 24.6 Å². The van der Waals surface area contributed by atoms with Crippen molar-refractivity contribution in [2.24, 2.45) is 0 Å². The zero-order valence-electron chi connectivity index (χ0n) is 9.26. The van der Waals surface area contributed by atoms with E-state index in [1.54, 1.807) is 11.3 Å². The van der Waals surface area contributed by atoms with Gasteiger partial charge in [-0.3, -0.25) is 0 Å². The number of hydrogen-bond donors (Lipinski definition) is 1. The molecule has 2 aromatic rings. The fourth-order valence-corrected chi connectivity index (χ4v) is 2.24. The number of nitrogen functional groups attached to an aromatic ring is 1. The first-order chi connectivity index (χ1) is 7.79. The smallest absolute Gasteiger partial charge is 0.185 e. The van der Waals surface area contributed by atoms with Gasteiger partial charge in [0.2, 0.25) is 0 Å². The third-order valence-electron chi connectivity index (χ3n) is 2.42. The van der Waals surface area contributed by atoms with Crippen LogP contribution in [0.15, 0.2) is 35.8 Å². The van der Waals surface area contributed by atoms with E-state index in [0.29, 0.717) is 0 Å². The van der Waals surface area contributed by atoms with Crippen molar-refractivity contribution < 1.29 is 0 Å². The minimum atomic E-state index is 0.807. The molecule has 0 unspecified atom stereocenters. The molecule has 1 aromatic heterocycles. The third-order valence-corrected chi connectivity index (χ3v) is 3.26. The molecular formula is C12H15N3S. The van der Waals surface area contributed by atoms with Crippen LogP contribution in [0.3, 0.4) is 0 Å². The Bertz CT molecular complexity index is 422. The fourth-order valence-electron chi connectivity index (χ4n) is 1.53. The summed E-state index contributed by atoms with van der Waals surface area (Å²) in [6, 6.07) is 7.99. The standard InChI is InChI=1S/C12H15N3S/c1-2-15(12-14-7-8-16-12)9-10-3-5-11(13)6-4-10/h3-8H,2,9,13H2,1H3. The van der Waals surface area contributed by atoms with Gasteiger partial charge in [-0.15, -0.1) is 11.3 Å². The normalized spacial score (nSPS) is 10.3. The Morgan fingerprint density at radius 2 is 2.06 bits per heavy atom. The molecule has 2 rings (SSSR count). The van der Waals surface area contributed by atoms with Crippen LogP contribution in [-0.2, 0) is 6.54 Å². The Labute approximate surface area is 99.5 Å². The van der Waals surface area contributed by atoms with E-state index in [-0.39, 0.29) is 0 Å². The van der Waals surface area contributed by atoms with E-state index in [0.717, 1.165) is 23.9 Å². The van der Waals surface area contributed by atoms with Crippen LogP contribution in [0, 0.1) is 0 Å². The molecule has 0 spiro atoms. The Kier molecular flexibility index (Phi) is 3.41. The minimum absolute atomic E-state index is 0.807. The number of benzene rings is 1. The van der Waals surface area contributed by atoms with E-state index in [2.05, 4.69) is 28.9 Å². The monoisotopic (exact) mass is 233 g/mol. The van der Waals surface area contributed by atoms with Gasteiger partial charge >= 0.3 is 0 Å². The summed E-state index contributed by atoms with van der Waals surface area (Å²) in [7, 11) is 0. The van der Waals surface area contributed by atoms with Crippen LogP contribution < -0.4 is 10.6 Å². The van der Waals surface area contributed by atoms with E-state index in [4.69, 9.17) is 5.73 Å². The molecule has 2 N–H and O–H groups in total. The lowest BCUT2D eigenvalue weighted by Crippen LogP contribution is -2.21. The van der Waals surface area contributed by atoms with Crippen molar-refractivity contribution in [1.29, 1.82) is 0 Å². The Morgan fingerprint density at radius 3 is 2.62 bits per heavy atom. The predicted octanol–water partition coefficient (Wildman–Crippen LogP) is 2.75. The fraction of sp³-hybridized carbons (Fsp3) is 0.250. The van der Waals surface area contributed by atoms with Gasteiger partial charge in [0.05, 0.1) is 0 Å². The second kappa shape index (κ2) is 4.99. The molecule has 0 fully saturated rings. The molecule has 0 saturated heterocycles. The van der Waals surface area contributed by atoms with Gasteiger partial charge < -0.3 is 10.6 Å². The molecule has 0 bridgehead atoms.